The Bertz CT molecular complexity index is 526. The Morgan fingerprint density at radius 3 is 2.90 bits per heavy atom. The van der Waals surface area contributed by atoms with Crippen molar-refractivity contribution in [2.45, 2.75) is 13.1 Å². The summed E-state index contributed by atoms with van der Waals surface area (Å²) in [5.41, 5.74) is 1.21. The largest absolute Gasteiger partial charge is 0.396 e. The van der Waals surface area contributed by atoms with Crippen LogP contribution in [0.4, 0.5) is 0 Å². The molecule has 0 amide bonds. The van der Waals surface area contributed by atoms with Crippen LogP contribution in [0.2, 0.25) is 0 Å². The van der Waals surface area contributed by atoms with Crippen molar-refractivity contribution in [2.24, 2.45) is 5.41 Å². The van der Waals surface area contributed by atoms with E-state index in [1.165, 1.54) is 10.6 Å². The van der Waals surface area contributed by atoms with Gasteiger partial charge < -0.3 is 19.7 Å². The number of aliphatic hydroxyl groups excluding tert-OH is 1. The Morgan fingerprint density at radius 2 is 2.25 bits per heavy atom. The van der Waals surface area contributed by atoms with E-state index < -0.39 is 0 Å². The van der Waals surface area contributed by atoms with E-state index in [9.17, 15) is 5.11 Å². The second kappa shape index (κ2) is 6.10. The molecular formula is C15H20N2O2S. The van der Waals surface area contributed by atoms with E-state index in [0.29, 0.717) is 13.2 Å². The summed E-state index contributed by atoms with van der Waals surface area (Å²) in [5.74, 6) is 0. The molecule has 0 radical (unpaired) electrons. The van der Waals surface area contributed by atoms with Crippen LogP contribution >= 0.6 is 11.3 Å². The molecule has 2 aromatic heterocycles. The van der Waals surface area contributed by atoms with Crippen LogP contribution in [0.25, 0.3) is 0 Å². The maximum absolute atomic E-state index is 9.40. The highest BCUT2D eigenvalue weighted by Crippen LogP contribution is 2.25. The summed E-state index contributed by atoms with van der Waals surface area (Å²) in [7, 11) is 0. The van der Waals surface area contributed by atoms with E-state index in [-0.39, 0.29) is 12.0 Å². The lowest BCUT2D eigenvalue weighted by Crippen LogP contribution is -2.52. The van der Waals surface area contributed by atoms with E-state index in [0.717, 1.165) is 19.6 Å². The maximum atomic E-state index is 9.40. The molecule has 3 rings (SSSR count). The predicted octanol–water partition coefficient (Wildman–Crippen LogP) is 1.70. The van der Waals surface area contributed by atoms with Gasteiger partial charge in [-0.1, -0.05) is 6.07 Å². The molecule has 1 fully saturated rings. The smallest absolute Gasteiger partial charge is 0.0579 e. The molecule has 4 nitrogen and oxygen atoms in total. The molecule has 2 N–H and O–H groups in total. The molecule has 1 aliphatic heterocycles. The Hall–Kier alpha value is -1.14. The normalized spacial score (nSPS) is 17.1. The standard InChI is InChI=1S/C15H20N2O2S/c18-10-15(11-19-12-15)9-16-7-13-3-1-5-17(13)8-14-4-2-6-20-14/h1-6,16,18H,7-12H2. The van der Waals surface area contributed by atoms with Gasteiger partial charge in [0.05, 0.1) is 31.8 Å². The van der Waals surface area contributed by atoms with Crippen molar-refractivity contribution in [3.05, 3.63) is 46.4 Å². The zero-order valence-electron chi connectivity index (χ0n) is 11.4. The third-order valence-corrected chi connectivity index (χ3v) is 4.65. The van der Waals surface area contributed by atoms with Gasteiger partial charge >= 0.3 is 0 Å². The highest BCUT2D eigenvalue weighted by atomic mass is 32.1. The van der Waals surface area contributed by atoms with Gasteiger partial charge in [-0.3, -0.25) is 0 Å². The molecular weight excluding hydrogens is 272 g/mol. The fourth-order valence-electron chi connectivity index (χ4n) is 2.43. The third kappa shape index (κ3) is 2.96. The molecule has 1 saturated heterocycles. The van der Waals surface area contributed by atoms with E-state index in [1.807, 2.05) is 0 Å². The number of hydrogen-bond donors (Lipinski definition) is 2. The molecule has 3 heterocycles. The molecule has 108 valence electrons. The number of ether oxygens (including phenoxy) is 1. The number of nitrogens with zero attached hydrogens (tertiary/aromatic N) is 1. The van der Waals surface area contributed by atoms with Gasteiger partial charge in [0, 0.05) is 29.9 Å². The lowest BCUT2D eigenvalue weighted by atomic mass is 9.87. The van der Waals surface area contributed by atoms with Crippen molar-refractivity contribution in [1.29, 1.82) is 0 Å². The summed E-state index contributed by atoms with van der Waals surface area (Å²) in [4.78, 5) is 1.36. The van der Waals surface area contributed by atoms with Crippen LogP contribution in [-0.4, -0.2) is 36.0 Å². The number of nitrogens with one attached hydrogen (secondary N) is 1. The quantitative estimate of drug-likeness (QED) is 0.816. The summed E-state index contributed by atoms with van der Waals surface area (Å²) >= 11 is 1.78. The minimum Gasteiger partial charge on any atom is -0.396 e. The van der Waals surface area contributed by atoms with Crippen LogP contribution in [0.5, 0.6) is 0 Å². The zero-order valence-corrected chi connectivity index (χ0v) is 12.2. The average molecular weight is 292 g/mol. The van der Waals surface area contributed by atoms with Crippen LogP contribution in [0.1, 0.15) is 10.6 Å². The summed E-state index contributed by atoms with van der Waals surface area (Å²) in [6.45, 7) is 4.05. The summed E-state index contributed by atoms with van der Waals surface area (Å²) in [6.07, 6.45) is 2.12. The fraction of sp³-hybridized carbons (Fsp3) is 0.467. The van der Waals surface area contributed by atoms with E-state index in [4.69, 9.17) is 4.74 Å². The SMILES string of the molecule is OCC1(CNCc2cccn2Cc2cccs2)COC1. The second-order valence-electron chi connectivity index (χ2n) is 5.46. The van der Waals surface area contributed by atoms with Gasteiger partial charge in [0.2, 0.25) is 0 Å². The minimum atomic E-state index is -0.0643. The lowest BCUT2D eigenvalue weighted by Gasteiger charge is -2.40. The monoisotopic (exact) mass is 292 g/mol. The second-order valence-corrected chi connectivity index (χ2v) is 6.49. The highest BCUT2D eigenvalue weighted by Gasteiger charge is 2.37. The van der Waals surface area contributed by atoms with Gasteiger partial charge in [-0.25, -0.2) is 0 Å². The van der Waals surface area contributed by atoms with Crippen LogP contribution in [0.3, 0.4) is 0 Å². The number of rotatable bonds is 7. The Balaban J connectivity index is 1.54. The van der Waals surface area contributed by atoms with Crippen LogP contribution in [-0.2, 0) is 17.8 Å². The van der Waals surface area contributed by atoms with E-state index in [2.05, 4.69) is 45.7 Å². The predicted molar refractivity (Wildman–Crippen MR) is 79.9 cm³/mol. The van der Waals surface area contributed by atoms with Gasteiger partial charge in [0.15, 0.2) is 0 Å². The van der Waals surface area contributed by atoms with Crippen molar-refractivity contribution >= 4 is 11.3 Å². The molecule has 5 heteroatoms. The minimum absolute atomic E-state index is 0.0643. The first-order valence-electron chi connectivity index (χ1n) is 6.87. The first-order chi connectivity index (χ1) is 9.81. The number of aromatic nitrogens is 1. The molecule has 0 unspecified atom stereocenters. The third-order valence-electron chi connectivity index (χ3n) is 3.79. The number of thiophene rings is 1. The Morgan fingerprint density at radius 1 is 1.35 bits per heavy atom. The number of aliphatic hydroxyl groups is 1. The molecule has 0 saturated carbocycles. The first-order valence-corrected chi connectivity index (χ1v) is 7.75. The molecule has 0 atom stereocenters. The average Bonchev–Trinajstić information content (AvgIpc) is 3.06. The van der Waals surface area contributed by atoms with Gasteiger partial charge in [-0.2, -0.15) is 0 Å². The Labute approximate surface area is 123 Å². The highest BCUT2D eigenvalue weighted by molar-refractivity contribution is 7.09. The van der Waals surface area contributed by atoms with Gasteiger partial charge in [0.25, 0.3) is 0 Å². The summed E-state index contributed by atoms with van der Waals surface area (Å²) < 4.78 is 7.47. The fourth-order valence-corrected chi connectivity index (χ4v) is 3.13. The number of hydrogen-bond acceptors (Lipinski definition) is 4. The topological polar surface area (TPSA) is 46.4 Å². The first kappa shape index (κ1) is 13.8. The molecule has 0 aromatic carbocycles. The molecule has 0 bridgehead atoms. The Kier molecular flexibility index (Phi) is 4.21. The molecule has 2 aromatic rings. The zero-order chi connectivity index (χ0) is 13.8. The van der Waals surface area contributed by atoms with Crippen molar-refractivity contribution in [1.82, 2.24) is 9.88 Å². The lowest BCUT2D eigenvalue weighted by molar-refractivity contribution is -0.134. The molecule has 0 spiro atoms. The van der Waals surface area contributed by atoms with Crippen molar-refractivity contribution in [2.75, 3.05) is 26.4 Å². The van der Waals surface area contributed by atoms with Crippen LogP contribution < -0.4 is 5.32 Å². The summed E-state index contributed by atoms with van der Waals surface area (Å²) in [5, 5.41) is 14.9. The summed E-state index contributed by atoms with van der Waals surface area (Å²) in [6, 6.07) is 8.47. The van der Waals surface area contributed by atoms with Gasteiger partial charge in [-0.05, 0) is 23.6 Å². The van der Waals surface area contributed by atoms with Crippen molar-refractivity contribution in [3.63, 3.8) is 0 Å². The molecule has 1 aliphatic rings. The van der Waals surface area contributed by atoms with Crippen molar-refractivity contribution in [3.8, 4) is 0 Å². The van der Waals surface area contributed by atoms with Gasteiger partial charge in [-0.15, -0.1) is 11.3 Å². The van der Waals surface area contributed by atoms with Gasteiger partial charge in [0.1, 0.15) is 0 Å². The van der Waals surface area contributed by atoms with Crippen LogP contribution in [0.15, 0.2) is 35.8 Å². The molecule has 0 aliphatic carbocycles. The van der Waals surface area contributed by atoms with Crippen LogP contribution in [0, 0.1) is 5.41 Å². The van der Waals surface area contributed by atoms with Crippen molar-refractivity contribution < 1.29 is 9.84 Å². The maximum Gasteiger partial charge on any atom is 0.0579 e. The van der Waals surface area contributed by atoms with E-state index in [1.54, 1.807) is 11.3 Å². The molecule has 20 heavy (non-hydrogen) atoms. The van der Waals surface area contributed by atoms with E-state index >= 15 is 0 Å².